The van der Waals surface area contributed by atoms with Crippen LogP contribution in [0.5, 0.6) is 0 Å². The van der Waals surface area contributed by atoms with Crippen LogP contribution in [0, 0.1) is 5.82 Å². The van der Waals surface area contributed by atoms with E-state index in [-0.39, 0.29) is 16.9 Å². The van der Waals surface area contributed by atoms with E-state index in [1.807, 2.05) is 0 Å². The highest BCUT2D eigenvalue weighted by atomic mass is 28.4. The van der Waals surface area contributed by atoms with Crippen molar-refractivity contribution in [2.24, 2.45) is 0 Å². The average molecular weight is 324 g/mol. The van der Waals surface area contributed by atoms with Gasteiger partial charge >= 0.3 is 6.03 Å². The number of hydrogen-bond donors (Lipinski definition) is 1. The molecule has 0 unspecified atom stereocenters. The van der Waals surface area contributed by atoms with Gasteiger partial charge in [0.15, 0.2) is 8.32 Å². The number of nitrogens with one attached hydrogen (secondary N) is 1. The number of anilines is 1. The fourth-order valence-electron chi connectivity index (χ4n) is 2.09. The van der Waals surface area contributed by atoms with Crippen LogP contribution < -0.4 is 5.32 Å². The second kappa shape index (κ2) is 6.00. The molecule has 0 bridgehead atoms. The van der Waals surface area contributed by atoms with Crippen LogP contribution in [0.3, 0.4) is 0 Å². The molecule has 1 heterocycles. The molecule has 0 fully saturated rings. The van der Waals surface area contributed by atoms with Crippen molar-refractivity contribution in [3.63, 3.8) is 0 Å². The number of benzene rings is 1. The molecule has 1 aromatic rings. The van der Waals surface area contributed by atoms with Gasteiger partial charge in [-0.25, -0.2) is 9.18 Å². The van der Waals surface area contributed by atoms with Crippen LogP contribution in [0.1, 0.15) is 26.3 Å². The fourth-order valence-corrected chi connectivity index (χ4v) is 3.13. The summed E-state index contributed by atoms with van der Waals surface area (Å²) in [5.41, 5.74) is 1.49. The monoisotopic (exact) mass is 324 g/mol. The van der Waals surface area contributed by atoms with Gasteiger partial charge in [0.2, 0.25) is 0 Å². The van der Waals surface area contributed by atoms with E-state index < -0.39 is 8.32 Å². The molecule has 2 amide bonds. The summed E-state index contributed by atoms with van der Waals surface area (Å²) >= 11 is 0. The molecule has 4 nitrogen and oxygen atoms in total. The van der Waals surface area contributed by atoms with Gasteiger partial charge in [-0.3, -0.25) is 0 Å². The van der Waals surface area contributed by atoms with Crippen molar-refractivity contribution in [2.75, 3.05) is 18.5 Å². The molecule has 0 aromatic heterocycles. The minimum absolute atomic E-state index is 0.146. The van der Waals surface area contributed by atoms with E-state index in [1.165, 1.54) is 12.1 Å². The van der Waals surface area contributed by atoms with Gasteiger partial charge in [0.25, 0.3) is 0 Å². The first kappa shape index (κ1) is 17.0. The highest BCUT2D eigenvalue weighted by Crippen LogP contribution is 2.36. The lowest BCUT2D eigenvalue weighted by atomic mass is 10.1. The maximum Gasteiger partial charge on any atom is 0.322 e. The zero-order valence-corrected chi connectivity index (χ0v) is 15.0. The van der Waals surface area contributed by atoms with Gasteiger partial charge in [-0.15, -0.1) is 0 Å². The minimum atomic E-state index is -1.81. The number of carbonyl (C=O) groups is 1. The first-order chi connectivity index (χ1) is 10.1. The number of hydrogen-bond acceptors (Lipinski definition) is 2. The third kappa shape index (κ3) is 3.67. The van der Waals surface area contributed by atoms with E-state index >= 15 is 0 Å². The summed E-state index contributed by atoms with van der Waals surface area (Å²) in [4.78, 5) is 13.7. The standard InChI is InChI=1S/C16H25FN2O2Si/c1-16(2,3)22(4,5)21-9-8-19-11-12-10-13(17)6-7-14(12)18-15(19)20/h6-7,10H,8-9,11H2,1-5H3,(H,18,20). The van der Waals surface area contributed by atoms with Gasteiger partial charge in [-0.05, 0) is 41.9 Å². The Morgan fingerprint density at radius 3 is 2.68 bits per heavy atom. The topological polar surface area (TPSA) is 41.6 Å². The Labute approximate surface area is 132 Å². The molecule has 22 heavy (non-hydrogen) atoms. The highest BCUT2D eigenvalue weighted by Gasteiger charge is 2.37. The zero-order valence-electron chi connectivity index (χ0n) is 14.0. The van der Waals surface area contributed by atoms with Crippen molar-refractivity contribution in [1.29, 1.82) is 0 Å². The van der Waals surface area contributed by atoms with Crippen molar-refractivity contribution in [2.45, 2.75) is 45.4 Å². The lowest BCUT2D eigenvalue weighted by Crippen LogP contribution is -2.45. The van der Waals surface area contributed by atoms with Gasteiger partial charge in [0.1, 0.15) is 5.82 Å². The molecule has 1 aliphatic rings. The average Bonchev–Trinajstić information content (AvgIpc) is 2.38. The molecule has 2 rings (SSSR count). The molecule has 0 saturated carbocycles. The number of halogens is 1. The second-order valence-corrected chi connectivity index (χ2v) is 12.1. The molecule has 122 valence electrons. The SMILES string of the molecule is CC(C)(C)[Si](C)(C)OCCN1Cc2cc(F)ccc2NC1=O. The van der Waals surface area contributed by atoms with E-state index in [4.69, 9.17) is 4.43 Å². The number of nitrogens with zero attached hydrogens (tertiary/aromatic N) is 1. The smallest absolute Gasteiger partial charge is 0.322 e. The van der Waals surface area contributed by atoms with Gasteiger partial charge in [0, 0.05) is 18.8 Å². The Kier molecular flexibility index (Phi) is 4.63. The fraction of sp³-hybridized carbons (Fsp3) is 0.562. The molecule has 0 atom stereocenters. The number of rotatable bonds is 4. The maximum absolute atomic E-state index is 13.3. The van der Waals surface area contributed by atoms with Crippen LogP contribution >= 0.6 is 0 Å². The molecule has 1 aliphatic heterocycles. The molecule has 1 N–H and O–H groups in total. The van der Waals surface area contributed by atoms with Crippen molar-refractivity contribution >= 4 is 20.0 Å². The van der Waals surface area contributed by atoms with Crippen LogP contribution in [0.15, 0.2) is 18.2 Å². The van der Waals surface area contributed by atoms with E-state index in [9.17, 15) is 9.18 Å². The van der Waals surface area contributed by atoms with Crippen LogP contribution in [0.25, 0.3) is 0 Å². The number of fused-ring (bicyclic) bond motifs is 1. The Bertz CT molecular complexity index is 570. The molecule has 0 radical (unpaired) electrons. The lowest BCUT2D eigenvalue weighted by molar-refractivity contribution is 0.184. The van der Waals surface area contributed by atoms with Gasteiger partial charge < -0.3 is 14.6 Å². The second-order valence-electron chi connectivity index (χ2n) is 7.26. The van der Waals surface area contributed by atoms with Crippen molar-refractivity contribution in [3.05, 3.63) is 29.6 Å². The predicted octanol–water partition coefficient (Wildman–Crippen LogP) is 4.20. The van der Waals surface area contributed by atoms with Gasteiger partial charge in [0.05, 0.1) is 6.61 Å². The van der Waals surface area contributed by atoms with Crippen LogP contribution in [0.2, 0.25) is 18.1 Å². The van der Waals surface area contributed by atoms with E-state index in [0.29, 0.717) is 25.4 Å². The summed E-state index contributed by atoms with van der Waals surface area (Å²) in [7, 11) is -1.81. The molecule has 6 heteroatoms. The summed E-state index contributed by atoms with van der Waals surface area (Å²) in [5, 5.41) is 2.94. The van der Waals surface area contributed by atoms with Crippen molar-refractivity contribution in [3.8, 4) is 0 Å². The van der Waals surface area contributed by atoms with Crippen LogP contribution in [0.4, 0.5) is 14.9 Å². The Hall–Kier alpha value is -1.40. The first-order valence-corrected chi connectivity index (χ1v) is 10.5. The summed E-state index contributed by atoms with van der Waals surface area (Å²) in [5.74, 6) is -0.285. The third-order valence-corrected chi connectivity index (χ3v) is 9.13. The predicted molar refractivity (Wildman–Crippen MR) is 89.0 cm³/mol. The quantitative estimate of drug-likeness (QED) is 0.844. The molecule has 0 spiro atoms. The molecule has 1 aromatic carbocycles. The van der Waals surface area contributed by atoms with E-state index in [1.54, 1.807) is 11.0 Å². The van der Waals surface area contributed by atoms with Gasteiger partial charge in [-0.1, -0.05) is 20.8 Å². The zero-order chi connectivity index (χ0) is 16.5. The van der Waals surface area contributed by atoms with E-state index in [0.717, 1.165) is 5.56 Å². The first-order valence-electron chi connectivity index (χ1n) is 7.58. The van der Waals surface area contributed by atoms with Crippen LogP contribution in [-0.4, -0.2) is 32.4 Å². The minimum Gasteiger partial charge on any atom is -0.415 e. The summed E-state index contributed by atoms with van der Waals surface area (Å²) < 4.78 is 19.4. The molecular weight excluding hydrogens is 299 g/mol. The number of urea groups is 1. The Morgan fingerprint density at radius 1 is 1.36 bits per heavy atom. The number of amides is 2. The number of carbonyl (C=O) groups excluding carboxylic acids is 1. The maximum atomic E-state index is 13.3. The third-order valence-electron chi connectivity index (χ3n) is 4.59. The Morgan fingerprint density at radius 2 is 2.05 bits per heavy atom. The largest absolute Gasteiger partial charge is 0.415 e. The lowest BCUT2D eigenvalue weighted by Gasteiger charge is -2.37. The van der Waals surface area contributed by atoms with E-state index in [2.05, 4.69) is 39.2 Å². The summed E-state index contributed by atoms with van der Waals surface area (Å²) in [6.07, 6.45) is 0. The van der Waals surface area contributed by atoms with Crippen molar-refractivity contribution in [1.82, 2.24) is 4.90 Å². The Balaban J connectivity index is 1.96. The van der Waals surface area contributed by atoms with Gasteiger partial charge in [-0.2, -0.15) is 0 Å². The summed E-state index contributed by atoms with van der Waals surface area (Å²) in [6.45, 7) is 12.4. The molecule has 0 aliphatic carbocycles. The molecule has 0 saturated heterocycles. The van der Waals surface area contributed by atoms with Crippen molar-refractivity contribution < 1.29 is 13.6 Å². The molecular formula is C16H25FN2O2Si. The summed E-state index contributed by atoms with van der Waals surface area (Å²) in [6, 6.07) is 4.27. The highest BCUT2D eigenvalue weighted by molar-refractivity contribution is 6.74. The van der Waals surface area contributed by atoms with Crippen LogP contribution in [-0.2, 0) is 11.0 Å². The normalized spacial score (nSPS) is 15.5.